The predicted octanol–water partition coefficient (Wildman–Crippen LogP) is 1.87. The third kappa shape index (κ3) is 4.92. The summed E-state index contributed by atoms with van der Waals surface area (Å²) in [5, 5.41) is 3.27. The molecule has 0 atom stereocenters. The summed E-state index contributed by atoms with van der Waals surface area (Å²) in [6, 6.07) is 4.50. The molecule has 0 radical (unpaired) electrons. The molecule has 0 unspecified atom stereocenters. The molecule has 1 aromatic carbocycles. The summed E-state index contributed by atoms with van der Waals surface area (Å²) in [7, 11) is -2.38. The molecule has 0 spiro atoms. The van der Waals surface area contributed by atoms with Crippen LogP contribution in [0, 0.1) is 12.3 Å². The highest BCUT2D eigenvalue weighted by Crippen LogP contribution is 2.27. The van der Waals surface area contributed by atoms with Crippen molar-refractivity contribution in [2.24, 2.45) is 5.41 Å². The standard InChI is InChI=1S/C16H24N2O4S.ClH/c1-12-4-5-13(10-14(12)15(19)22-3)23(20,21)18-11-16(2)6-8-17-9-7-16;/h4-5,10,17-18H,6-9,11H2,1-3H3;1H. The molecular formula is C16H25ClN2O4S. The van der Waals surface area contributed by atoms with Gasteiger partial charge in [0.2, 0.25) is 10.0 Å². The summed E-state index contributed by atoms with van der Waals surface area (Å²) in [5.74, 6) is -0.537. The van der Waals surface area contributed by atoms with Crippen LogP contribution in [-0.4, -0.2) is 41.1 Å². The lowest BCUT2D eigenvalue weighted by Crippen LogP contribution is -2.42. The Kier molecular flexibility index (Phi) is 7.22. The molecule has 0 amide bonds. The van der Waals surface area contributed by atoms with Crippen molar-refractivity contribution in [1.29, 1.82) is 0 Å². The first-order valence-electron chi connectivity index (χ1n) is 7.67. The van der Waals surface area contributed by atoms with Gasteiger partial charge in [-0.15, -0.1) is 12.4 Å². The van der Waals surface area contributed by atoms with Gasteiger partial charge in [0.25, 0.3) is 0 Å². The number of halogens is 1. The highest BCUT2D eigenvalue weighted by atomic mass is 35.5. The van der Waals surface area contributed by atoms with E-state index >= 15 is 0 Å². The molecule has 0 aliphatic carbocycles. The van der Waals surface area contributed by atoms with E-state index in [2.05, 4.69) is 17.0 Å². The van der Waals surface area contributed by atoms with Crippen molar-refractivity contribution in [3.63, 3.8) is 0 Å². The number of sulfonamides is 1. The van der Waals surface area contributed by atoms with Gasteiger partial charge in [-0.3, -0.25) is 0 Å². The van der Waals surface area contributed by atoms with Gasteiger partial charge >= 0.3 is 5.97 Å². The number of nitrogens with one attached hydrogen (secondary N) is 2. The van der Waals surface area contributed by atoms with Gasteiger partial charge in [-0.05, 0) is 56.0 Å². The zero-order valence-corrected chi connectivity index (χ0v) is 15.9. The Hall–Kier alpha value is -1.15. The fourth-order valence-electron chi connectivity index (χ4n) is 2.66. The topological polar surface area (TPSA) is 84.5 Å². The highest BCUT2D eigenvalue weighted by Gasteiger charge is 2.29. The number of benzene rings is 1. The number of methoxy groups -OCH3 is 1. The minimum atomic E-state index is -3.66. The molecule has 136 valence electrons. The van der Waals surface area contributed by atoms with Gasteiger partial charge in [0, 0.05) is 6.54 Å². The summed E-state index contributed by atoms with van der Waals surface area (Å²) >= 11 is 0. The van der Waals surface area contributed by atoms with Crippen molar-refractivity contribution in [1.82, 2.24) is 10.0 Å². The predicted molar refractivity (Wildman–Crippen MR) is 95.2 cm³/mol. The number of piperidine rings is 1. The molecule has 1 fully saturated rings. The van der Waals surface area contributed by atoms with Crippen LogP contribution in [0.4, 0.5) is 0 Å². The first kappa shape index (κ1) is 20.9. The Morgan fingerprint density at radius 1 is 1.33 bits per heavy atom. The smallest absolute Gasteiger partial charge is 0.338 e. The Labute approximate surface area is 149 Å². The Morgan fingerprint density at radius 2 is 1.96 bits per heavy atom. The quantitative estimate of drug-likeness (QED) is 0.766. The van der Waals surface area contributed by atoms with Gasteiger partial charge < -0.3 is 10.1 Å². The third-order valence-electron chi connectivity index (χ3n) is 4.42. The van der Waals surface area contributed by atoms with Gasteiger partial charge in [-0.1, -0.05) is 13.0 Å². The largest absolute Gasteiger partial charge is 0.465 e. The second-order valence-corrected chi connectivity index (χ2v) is 8.12. The molecule has 2 N–H and O–H groups in total. The van der Waals surface area contributed by atoms with E-state index in [0.29, 0.717) is 12.1 Å². The van der Waals surface area contributed by atoms with Crippen LogP contribution in [-0.2, 0) is 14.8 Å². The van der Waals surface area contributed by atoms with Crippen molar-refractivity contribution in [3.05, 3.63) is 29.3 Å². The summed E-state index contributed by atoms with van der Waals surface area (Å²) < 4.78 is 32.4. The molecule has 0 saturated carbocycles. The molecule has 6 nitrogen and oxygen atoms in total. The summed E-state index contributed by atoms with van der Waals surface area (Å²) in [5.41, 5.74) is 0.901. The molecule has 24 heavy (non-hydrogen) atoms. The monoisotopic (exact) mass is 376 g/mol. The van der Waals surface area contributed by atoms with E-state index in [1.807, 2.05) is 0 Å². The van der Waals surface area contributed by atoms with Gasteiger partial charge in [-0.2, -0.15) is 0 Å². The molecule has 0 aromatic heterocycles. The second kappa shape index (κ2) is 8.29. The maximum absolute atomic E-state index is 12.5. The number of carbonyl (C=O) groups is 1. The molecule has 1 heterocycles. The van der Waals surface area contributed by atoms with Crippen molar-refractivity contribution in [2.45, 2.75) is 31.6 Å². The van der Waals surface area contributed by atoms with E-state index in [4.69, 9.17) is 4.74 Å². The van der Waals surface area contributed by atoms with E-state index in [1.54, 1.807) is 13.0 Å². The van der Waals surface area contributed by atoms with Crippen LogP contribution >= 0.6 is 12.4 Å². The van der Waals surface area contributed by atoms with E-state index in [0.717, 1.165) is 25.9 Å². The number of aryl methyl sites for hydroxylation is 1. The molecule has 8 heteroatoms. The van der Waals surface area contributed by atoms with Crippen molar-refractivity contribution >= 4 is 28.4 Å². The van der Waals surface area contributed by atoms with E-state index in [9.17, 15) is 13.2 Å². The number of rotatable bonds is 5. The van der Waals surface area contributed by atoms with Crippen LogP contribution in [0.5, 0.6) is 0 Å². The minimum Gasteiger partial charge on any atom is -0.465 e. The number of ether oxygens (including phenoxy) is 1. The molecular weight excluding hydrogens is 352 g/mol. The van der Waals surface area contributed by atoms with Crippen LogP contribution in [0.2, 0.25) is 0 Å². The van der Waals surface area contributed by atoms with Gasteiger partial charge in [0.05, 0.1) is 17.6 Å². The maximum Gasteiger partial charge on any atom is 0.338 e. The third-order valence-corrected chi connectivity index (χ3v) is 5.82. The van der Waals surface area contributed by atoms with Crippen LogP contribution in [0.1, 0.15) is 35.7 Å². The normalized spacial score (nSPS) is 17.0. The maximum atomic E-state index is 12.5. The van der Waals surface area contributed by atoms with E-state index in [1.165, 1.54) is 19.2 Å². The number of carbonyl (C=O) groups excluding carboxylic acids is 1. The van der Waals surface area contributed by atoms with Crippen LogP contribution in [0.15, 0.2) is 23.1 Å². The molecule has 2 rings (SSSR count). The first-order chi connectivity index (χ1) is 10.8. The SMILES string of the molecule is COC(=O)c1cc(S(=O)(=O)NCC2(C)CCNCC2)ccc1C.Cl. The Balaban J connectivity index is 0.00000288. The van der Waals surface area contributed by atoms with Crippen molar-refractivity contribution < 1.29 is 17.9 Å². The minimum absolute atomic E-state index is 0. The summed E-state index contributed by atoms with van der Waals surface area (Å²) in [6.45, 7) is 6.01. The first-order valence-corrected chi connectivity index (χ1v) is 9.15. The van der Waals surface area contributed by atoms with Crippen LogP contribution in [0.3, 0.4) is 0 Å². The summed E-state index contributed by atoms with van der Waals surface area (Å²) in [6.07, 6.45) is 1.85. The number of hydrogen-bond acceptors (Lipinski definition) is 5. The molecule has 1 saturated heterocycles. The number of esters is 1. The van der Waals surface area contributed by atoms with Crippen LogP contribution < -0.4 is 10.0 Å². The van der Waals surface area contributed by atoms with Crippen LogP contribution in [0.25, 0.3) is 0 Å². The van der Waals surface area contributed by atoms with Gasteiger partial charge in [0.1, 0.15) is 0 Å². The zero-order valence-electron chi connectivity index (χ0n) is 14.2. The second-order valence-electron chi connectivity index (χ2n) is 6.35. The Morgan fingerprint density at radius 3 is 2.54 bits per heavy atom. The van der Waals surface area contributed by atoms with E-state index in [-0.39, 0.29) is 28.3 Å². The van der Waals surface area contributed by atoms with Crippen molar-refractivity contribution in [3.8, 4) is 0 Å². The fraction of sp³-hybridized carbons (Fsp3) is 0.562. The zero-order chi connectivity index (χ0) is 17.1. The fourth-order valence-corrected chi connectivity index (χ4v) is 3.88. The molecule has 1 aliphatic heterocycles. The molecule has 0 bridgehead atoms. The number of hydrogen-bond donors (Lipinski definition) is 2. The molecule has 1 aliphatic rings. The highest BCUT2D eigenvalue weighted by molar-refractivity contribution is 7.89. The van der Waals surface area contributed by atoms with Gasteiger partial charge in [-0.25, -0.2) is 17.9 Å². The van der Waals surface area contributed by atoms with E-state index < -0.39 is 16.0 Å². The average molecular weight is 377 g/mol. The Bertz CT molecular complexity index is 685. The van der Waals surface area contributed by atoms with Gasteiger partial charge in [0.15, 0.2) is 0 Å². The molecule has 1 aromatic rings. The lowest BCUT2D eigenvalue weighted by atomic mass is 9.81. The average Bonchev–Trinajstić information content (AvgIpc) is 2.53. The lowest BCUT2D eigenvalue weighted by Gasteiger charge is -2.34. The van der Waals surface area contributed by atoms with Crippen molar-refractivity contribution in [2.75, 3.05) is 26.7 Å². The summed E-state index contributed by atoms with van der Waals surface area (Å²) in [4.78, 5) is 11.8. The lowest BCUT2D eigenvalue weighted by molar-refractivity contribution is 0.0599.